The first-order chi connectivity index (χ1) is 9.19. The predicted molar refractivity (Wildman–Crippen MR) is 85.5 cm³/mol. The van der Waals surface area contributed by atoms with Crippen molar-refractivity contribution in [1.82, 2.24) is 10.2 Å². The van der Waals surface area contributed by atoms with Crippen LogP contribution in [0.15, 0.2) is 0 Å². The summed E-state index contributed by atoms with van der Waals surface area (Å²) in [6, 6.07) is 0.634. The highest BCUT2D eigenvalue weighted by atomic mass is 32.1. The molecule has 112 valence electrons. The molecule has 0 unspecified atom stereocenters. The van der Waals surface area contributed by atoms with Crippen molar-refractivity contribution in [2.24, 2.45) is 5.92 Å². The van der Waals surface area contributed by atoms with Gasteiger partial charge in [-0.25, -0.2) is 0 Å². The van der Waals surface area contributed by atoms with Crippen LogP contribution >= 0.6 is 12.2 Å². The van der Waals surface area contributed by atoms with Crippen LogP contribution in [0, 0.1) is 5.92 Å². The van der Waals surface area contributed by atoms with Crippen molar-refractivity contribution in [2.45, 2.75) is 58.4 Å². The lowest BCUT2D eigenvalue weighted by Crippen LogP contribution is -2.45. The highest BCUT2D eigenvalue weighted by Gasteiger charge is 2.24. The molecule has 0 spiro atoms. The zero-order valence-corrected chi connectivity index (χ0v) is 13.6. The van der Waals surface area contributed by atoms with E-state index in [9.17, 15) is 0 Å². The van der Waals surface area contributed by atoms with Gasteiger partial charge in [0.05, 0.1) is 0 Å². The van der Waals surface area contributed by atoms with Crippen LogP contribution in [0.3, 0.4) is 0 Å². The van der Waals surface area contributed by atoms with Gasteiger partial charge in [-0.05, 0) is 57.2 Å². The Bertz CT molecular complexity index is 253. The first kappa shape index (κ1) is 16.7. The fraction of sp³-hybridized carbons (Fsp3) is 0.933. The molecule has 0 amide bonds. The van der Waals surface area contributed by atoms with Crippen molar-refractivity contribution >= 4 is 17.3 Å². The molecule has 0 heterocycles. The van der Waals surface area contributed by atoms with Crippen LogP contribution in [-0.2, 0) is 4.74 Å². The molecule has 0 radical (unpaired) electrons. The maximum absolute atomic E-state index is 5.47. The number of hydrogen-bond donors (Lipinski definition) is 1. The largest absolute Gasteiger partial charge is 0.382 e. The molecule has 0 aromatic heterocycles. The second kappa shape index (κ2) is 9.54. The van der Waals surface area contributed by atoms with Gasteiger partial charge in [0.2, 0.25) is 0 Å². The normalized spacial score (nSPS) is 23.1. The van der Waals surface area contributed by atoms with Crippen LogP contribution in [0.2, 0.25) is 0 Å². The van der Waals surface area contributed by atoms with E-state index in [0.29, 0.717) is 6.04 Å². The van der Waals surface area contributed by atoms with E-state index < -0.39 is 0 Å². The summed E-state index contributed by atoms with van der Waals surface area (Å²) in [7, 11) is 2.13. The third-order valence-electron chi connectivity index (χ3n) is 4.21. The molecule has 0 aromatic rings. The fourth-order valence-corrected chi connectivity index (χ4v) is 3.00. The molecule has 1 aliphatic rings. The Kier molecular flexibility index (Phi) is 8.38. The maximum atomic E-state index is 5.47. The van der Waals surface area contributed by atoms with Crippen LogP contribution in [-0.4, -0.2) is 42.9 Å². The topological polar surface area (TPSA) is 24.5 Å². The Balaban J connectivity index is 2.17. The van der Waals surface area contributed by atoms with Gasteiger partial charge in [-0.1, -0.05) is 13.3 Å². The molecular weight excluding hydrogens is 256 g/mol. The molecular formula is C15H30N2OS. The number of ether oxygens (including phenoxy) is 1. The maximum Gasteiger partial charge on any atom is 0.168 e. The van der Waals surface area contributed by atoms with Crippen LogP contribution in [0.1, 0.15) is 52.4 Å². The minimum atomic E-state index is 0.634. The standard InChI is InChI=1S/C15H30N2OS/c1-4-13-7-9-14(10-8-13)17(3)15(19)16-11-6-12-18-5-2/h13-14H,4-12H2,1-3H3,(H,16,19). The van der Waals surface area contributed by atoms with Crippen molar-refractivity contribution in [3.05, 3.63) is 0 Å². The summed E-state index contributed by atoms with van der Waals surface area (Å²) >= 11 is 5.47. The average molecular weight is 286 g/mol. The van der Waals surface area contributed by atoms with E-state index in [0.717, 1.165) is 37.2 Å². The van der Waals surface area contributed by atoms with Gasteiger partial charge in [0.15, 0.2) is 5.11 Å². The van der Waals surface area contributed by atoms with Gasteiger partial charge in [0, 0.05) is 32.8 Å². The molecule has 0 aromatic carbocycles. The van der Waals surface area contributed by atoms with Gasteiger partial charge in [0.25, 0.3) is 0 Å². The summed E-state index contributed by atoms with van der Waals surface area (Å²) < 4.78 is 5.32. The van der Waals surface area contributed by atoms with E-state index >= 15 is 0 Å². The molecule has 0 saturated heterocycles. The summed E-state index contributed by atoms with van der Waals surface area (Å²) in [6.45, 7) is 6.85. The molecule has 1 N–H and O–H groups in total. The first-order valence-corrected chi connectivity index (χ1v) is 8.18. The fourth-order valence-electron chi connectivity index (χ4n) is 2.74. The molecule has 0 bridgehead atoms. The summed E-state index contributed by atoms with van der Waals surface area (Å²) in [4.78, 5) is 2.27. The van der Waals surface area contributed by atoms with E-state index in [1.165, 1.54) is 32.1 Å². The monoisotopic (exact) mass is 286 g/mol. The molecule has 1 aliphatic carbocycles. The lowest BCUT2D eigenvalue weighted by molar-refractivity contribution is 0.145. The van der Waals surface area contributed by atoms with E-state index in [-0.39, 0.29) is 0 Å². The number of rotatable bonds is 7. The third-order valence-corrected chi connectivity index (χ3v) is 4.64. The van der Waals surface area contributed by atoms with Crippen molar-refractivity contribution in [1.29, 1.82) is 0 Å². The second-order valence-electron chi connectivity index (χ2n) is 5.48. The van der Waals surface area contributed by atoms with Crippen molar-refractivity contribution in [3.8, 4) is 0 Å². The third kappa shape index (κ3) is 6.09. The van der Waals surface area contributed by atoms with E-state index in [4.69, 9.17) is 17.0 Å². The van der Waals surface area contributed by atoms with E-state index in [1.807, 2.05) is 6.92 Å². The Morgan fingerprint density at radius 2 is 1.95 bits per heavy atom. The molecule has 0 aliphatic heterocycles. The lowest BCUT2D eigenvalue weighted by atomic mass is 9.84. The van der Waals surface area contributed by atoms with Gasteiger partial charge in [-0.3, -0.25) is 0 Å². The molecule has 4 heteroatoms. The van der Waals surface area contributed by atoms with E-state index in [2.05, 4.69) is 24.2 Å². The number of hydrogen-bond acceptors (Lipinski definition) is 2. The zero-order chi connectivity index (χ0) is 14.1. The van der Waals surface area contributed by atoms with Crippen LogP contribution < -0.4 is 5.32 Å². The number of nitrogens with zero attached hydrogens (tertiary/aromatic N) is 1. The summed E-state index contributed by atoms with van der Waals surface area (Å²) in [5.41, 5.74) is 0. The average Bonchev–Trinajstić information content (AvgIpc) is 2.46. The minimum absolute atomic E-state index is 0.634. The SMILES string of the molecule is CCOCCCNC(=S)N(C)C1CCC(CC)CC1. The van der Waals surface area contributed by atoms with Crippen LogP contribution in [0.4, 0.5) is 0 Å². The van der Waals surface area contributed by atoms with E-state index in [1.54, 1.807) is 0 Å². The van der Waals surface area contributed by atoms with Crippen molar-refractivity contribution in [2.75, 3.05) is 26.8 Å². The van der Waals surface area contributed by atoms with Crippen molar-refractivity contribution in [3.63, 3.8) is 0 Å². The van der Waals surface area contributed by atoms with Crippen molar-refractivity contribution < 1.29 is 4.74 Å². The molecule has 1 rings (SSSR count). The summed E-state index contributed by atoms with van der Waals surface area (Å²) in [5.74, 6) is 0.942. The summed E-state index contributed by atoms with van der Waals surface area (Å²) in [5, 5.41) is 4.24. The summed E-state index contributed by atoms with van der Waals surface area (Å²) in [6.07, 6.45) is 7.64. The molecule has 19 heavy (non-hydrogen) atoms. The van der Waals surface area contributed by atoms with Gasteiger partial charge in [-0.2, -0.15) is 0 Å². The molecule has 1 saturated carbocycles. The second-order valence-corrected chi connectivity index (χ2v) is 5.86. The zero-order valence-electron chi connectivity index (χ0n) is 12.8. The van der Waals surface area contributed by atoms with Crippen LogP contribution in [0.5, 0.6) is 0 Å². The Morgan fingerprint density at radius 3 is 2.53 bits per heavy atom. The number of thiocarbonyl (C=S) groups is 1. The Labute approximate surface area is 124 Å². The molecule has 1 fully saturated rings. The number of nitrogens with one attached hydrogen (secondary N) is 1. The highest BCUT2D eigenvalue weighted by molar-refractivity contribution is 7.80. The predicted octanol–water partition coefficient (Wildman–Crippen LogP) is 3.19. The van der Waals surface area contributed by atoms with Gasteiger partial charge in [0.1, 0.15) is 0 Å². The first-order valence-electron chi connectivity index (χ1n) is 7.77. The molecule has 0 atom stereocenters. The molecule has 3 nitrogen and oxygen atoms in total. The minimum Gasteiger partial charge on any atom is -0.382 e. The van der Waals surface area contributed by atoms with Gasteiger partial charge < -0.3 is 15.0 Å². The van der Waals surface area contributed by atoms with Gasteiger partial charge >= 0.3 is 0 Å². The quantitative estimate of drug-likeness (QED) is 0.574. The highest BCUT2D eigenvalue weighted by Crippen LogP contribution is 2.28. The van der Waals surface area contributed by atoms with Gasteiger partial charge in [-0.15, -0.1) is 0 Å². The Hall–Kier alpha value is -0.350. The van der Waals surface area contributed by atoms with Crippen LogP contribution in [0.25, 0.3) is 0 Å². The Morgan fingerprint density at radius 1 is 1.26 bits per heavy atom. The smallest absolute Gasteiger partial charge is 0.168 e. The lowest BCUT2D eigenvalue weighted by Gasteiger charge is -2.36.